The Morgan fingerprint density at radius 2 is 2.25 bits per heavy atom. The minimum absolute atomic E-state index is 0.201. The van der Waals surface area contributed by atoms with Gasteiger partial charge in [-0.1, -0.05) is 6.42 Å². The van der Waals surface area contributed by atoms with E-state index in [-0.39, 0.29) is 12.1 Å². The molecule has 2 atom stereocenters. The molecule has 0 aromatic rings. The molecule has 1 saturated heterocycles. The van der Waals surface area contributed by atoms with Crippen molar-refractivity contribution in [3.63, 3.8) is 0 Å². The van der Waals surface area contributed by atoms with E-state index in [1.807, 2.05) is 0 Å². The van der Waals surface area contributed by atoms with E-state index in [0.717, 1.165) is 19.4 Å². The Balaban J connectivity index is 2.34. The van der Waals surface area contributed by atoms with Crippen LogP contribution in [0.15, 0.2) is 0 Å². The second kappa shape index (κ2) is 4.79. The summed E-state index contributed by atoms with van der Waals surface area (Å²) in [6.07, 6.45) is 3.10. The normalized spacial score (nSPS) is 27.3. The second-order valence-corrected chi connectivity index (χ2v) is 3.75. The van der Waals surface area contributed by atoms with Crippen LogP contribution in [0.25, 0.3) is 0 Å². The molecular weight excluding hydrogens is 178 g/mol. The maximum atomic E-state index is 10.2. The zero-order valence-corrected chi connectivity index (χ0v) is 8.05. The third-order valence-electron chi connectivity index (χ3n) is 2.17. The molecule has 1 rings (SSSR count). The van der Waals surface area contributed by atoms with E-state index < -0.39 is 11.0 Å². The van der Waals surface area contributed by atoms with Gasteiger partial charge in [0.2, 0.25) is 0 Å². The van der Waals surface area contributed by atoms with Crippen LogP contribution < -0.4 is 5.32 Å². The van der Waals surface area contributed by atoms with Crippen LogP contribution in [0.5, 0.6) is 0 Å². The van der Waals surface area contributed by atoms with Crippen LogP contribution in [-0.4, -0.2) is 27.1 Å². The van der Waals surface area contributed by atoms with Gasteiger partial charge in [-0.05, 0) is 26.3 Å². The van der Waals surface area contributed by atoms with Crippen LogP contribution in [0.3, 0.4) is 0 Å². The monoisotopic (exact) mass is 193 g/mol. The van der Waals surface area contributed by atoms with Gasteiger partial charge in [-0.2, -0.15) is 0 Å². The number of rotatable bonds is 3. The van der Waals surface area contributed by atoms with Gasteiger partial charge in [-0.3, -0.25) is 4.18 Å². The van der Waals surface area contributed by atoms with Crippen molar-refractivity contribution in [2.75, 3.05) is 6.54 Å². The first-order valence-electron chi connectivity index (χ1n) is 4.24. The first kappa shape index (κ1) is 9.95. The predicted octanol–water partition coefficient (Wildman–Crippen LogP) is 0.0600. The fraction of sp³-hybridized carbons (Fsp3) is 1.00. The Labute approximate surface area is 74.5 Å². The molecule has 1 fully saturated rings. The number of nitrogens with one attached hydrogen (secondary N) is 1. The molecule has 0 aliphatic carbocycles. The van der Waals surface area contributed by atoms with E-state index in [2.05, 4.69) is 9.50 Å². The lowest BCUT2D eigenvalue weighted by Crippen LogP contribution is -2.42. The summed E-state index contributed by atoms with van der Waals surface area (Å²) in [4.78, 5) is 0. The number of hydrogen-bond acceptors (Lipinski definition) is 4. The van der Waals surface area contributed by atoms with Crippen LogP contribution in [0.4, 0.5) is 0 Å². The Morgan fingerprint density at radius 3 is 2.75 bits per heavy atom. The lowest BCUT2D eigenvalue weighted by Gasteiger charge is -2.27. The van der Waals surface area contributed by atoms with Crippen molar-refractivity contribution in [3.05, 3.63) is 0 Å². The molecule has 1 aliphatic rings. The van der Waals surface area contributed by atoms with E-state index in [4.69, 9.17) is 0 Å². The van der Waals surface area contributed by atoms with E-state index >= 15 is 0 Å². The van der Waals surface area contributed by atoms with Crippen molar-refractivity contribution in [3.8, 4) is 0 Å². The molecule has 0 radical (unpaired) electrons. The van der Waals surface area contributed by atoms with Crippen molar-refractivity contribution in [1.82, 2.24) is 5.32 Å². The predicted molar refractivity (Wildman–Crippen MR) is 46.5 cm³/mol. The van der Waals surface area contributed by atoms with Crippen molar-refractivity contribution in [1.29, 1.82) is 0 Å². The smallest absolute Gasteiger partial charge is 0.257 e. The second-order valence-electron chi connectivity index (χ2n) is 3.09. The highest BCUT2D eigenvalue weighted by atomic mass is 32.2. The van der Waals surface area contributed by atoms with Crippen LogP contribution in [0.1, 0.15) is 26.2 Å². The standard InChI is InChI=1S/C7H15NO3S/c1-6(11-12(9)10)7-4-2-3-5-8-7/h6-8,12H,2-5H2,1H3. The van der Waals surface area contributed by atoms with Gasteiger partial charge in [0, 0.05) is 6.04 Å². The highest BCUT2D eigenvalue weighted by Gasteiger charge is 2.20. The fourth-order valence-corrected chi connectivity index (χ4v) is 1.91. The quantitative estimate of drug-likeness (QED) is 0.622. The Kier molecular flexibility index (Phi) is 3.97. The summed E-state index contributed by atoms with van der Waals surface area (Å²) in [5.41, 5.74) is 0. The van der Waals surface area contributed by atoms with Crippen LogP contribution in [-0.2, 0) is 15.2 Å². The zero-order chi connectivity index (χ0) is 8.97. The van der Waals surface area contributed by atoms with Crippen molar-refractivity contribution >= 4 is 11.0 Å². The minimum Gasteiger partial charge on any atom is -0.311 e. The van der Waals surface area contributed by atoms with E-state index in [1.165, 1.54) is 6.42 Å². The average Bonchev–Trinajstić information content (AvgIpc) is 2.05. The van der Waals surface area contributed by atoms with Crippen molar-refractivity contribution < 1.29 is 12.6 Å². The van der Waals surface area contributed by atoms with Crippen LogP contribution >= 0.6 is 0 Å². The van der Waals surface area contributed by atoms with E-state index in [0.29, 0.717) is 0 Å². The molecule has 1 aliphatic heterocycles. The third kappa shape index (κ3) is 3.08. The molecule has 0 saturated carbocycles. The molecule has 4 nitrogen and oxygen atoms in total. The van der Waals surface area contributed by atoms with E-state index in [9.17, 15) is 8.42 Å². The Bertz CT molecular complexity index is 191. The summed E-state index contributed by atoms with van der Waals surface area (Å²) in [5, 5.41) is 3.23. The van der Waals surface area contributed by atoms with Gasteiger partial charge in [-0.25, -0.2) is 8.42 Å². The lowest BCUT2D eigenvalue weighted by molar-refractivity contribution is 0.166. The van der Waals surface area contributed by atoms with Gasteiger partial charge in [0.25, 0.3) is 11.0 Å². The van der Waals surface area contributed by atoms with Gasteiger partial charge < -0.3 is 5.32 Å². The summed E-state index contributed by atoms with van der Waals surface area (Å²) in [7, 11) is -2.70. The van der Waals surface area contributed by atoms with E-state index in [1.54, 1.807) is 6.92 Å². The molecule has 0 bridgehead atoms. The first-order chi connectivity index (χ1) is 5.70. The van der Waals surface area contributed by atoms with Gasteiger partial charge in [-0.15, -0.1) is 0 Å². The summed E-state index contributed by atoms with van der Waals surface area (Å²) in [5.74, 6) is 0. The van der Waals surface area contributed by atoms with Crippen molar-refractivity contribution in [2.24, 2.45) is 0 Å². The van der Waals surface area contributed by atoms with Crippen LogP contribution in [0.2, 0.25) is 0 Å². The first-order valence-corrected chi connectivity index (χ1v) is 5.34. The molecule has 2 unspecified atom stereocenters. The Morgan fingerprint density at radius 1 is 1.50 bits per heavy atom. The summed E-state index contributed by atoms with van der Waals surface area (Å²) in [6.45, 7) is 2.75. The van der Waals surface area contributed by atoms with Crippen LogP contribution in [0, 0.1) is 0 Å². The van der Waals surface area contributed by atoms with Gasteiger partial charge >= 0.3 is 0 Å². The average molecular weight is 193 g/mol. The van der Waals surface area contributed by atoms with Gasteiger partial charge in [0.05, 0.1) is 6.10 Å². The minimum atomic E-state index is -2.70. The molecule has 72 valence electrons. The molecule has 0 aromatic carbocycles. The number of thiol groups is 1. The van der Waals surface area contributed by atoms with Crippen molar-refractivity contribution in [2.45, 2.75) is 38.3 Å². The maximum Gasteiger partial charge on any atom is 0.257 e. The lowest BCUT2D eigenvalue weighted by atomic mass is 10.0. The van der Waals surface area contributed by atoms with Gasteiger partial charge in [0.1, 0.15) is 0 Å². The SMILES string of the molecule is CC(O[SH](=O)=O)C1CCCCN1. The van der Waals surface area contributed by atoms with Gasteiger partial charge in [0.15, 0.2) is 0 Å². The summed E-state index contributed by atoms with van der Waals surface area (Å²) < 4.78 is 25.2. The fourth-order valence-electron chi connectivity index (χ4n) is 1.49. The third-order valence-corrected chi connectivity index (χ3v) is 2.67. The number of piperidine rings is 1. The Hall–Kier alpha value is -0.130. The molecule has 0 aromatic heterocycles. The molecule has 0 amide bonds. The highest BCUT2D eigenvalue weighted by Crippen LogP contribution is 2.12. The largest absolute Gasteiger partial charge is 0.311 e. The molecular formula is C7H15NO3S. The molecule has 1 N–H and O–H groups in total. The zero-order valence-electron chi connectivity index (χ0n) is 7.16. The molecule has 5 heteroatoms. The summed E-state index contributed by atoms with van der Waals surface area (Å²) in [6, 6.07) is 0.201. The maximum absolute atomic E-state index is 10.2. The molecule has 12 heavy (non-hydrogen) atoms. The highest BCUT2D eigenvalue weighted by molar-refractivity contribution is 7.67. The summed E-state index contributed by atoms with van der Waals surface area (Å²) >= 11 is 0. The topological polar surface area (TPSA) is 55.4 Å². The molecule has 0 spiro atoms. The number of hydrogen-bond donors (Lipinski definition) is 2. The molecule has 1 heterocycles.